The van der Waals surface area contributed by atoms with Crippen LogP contribution in [0.2, 0.25) is 0 Å². The quantitative estimate of drug-likeness (QED) is 0.299. The van der Waals surface area contributed by atoms with Crippen LogP contribution in [-0.4, -0.2) is 75.9 Å². The smallest absolute Gasteiger partial charge is 0.139 e. The van der Waals surface area contributed by atoms with Gasteiger partial charge in [-0.15, -0.1) is 11.6 Å². The number of hydrogen-bond acceptors (Lipinski definition) is 8. The lowest BCUT2D eigenvalue weighted by molar-refractivity contribution is -0.115. The summed E-state index contributed by atoms with van der Waals surface area (Å²) < 4.78 is 4.73. The van der Waals surface area contributed by atoms with Gasteiger partial charge < -0.3 is 9.84 Å². The number of aliphatic hydroxyl groups excluding tert-OH is 1. The molecular formula is C17H35ClO5S3. The van der Waals surface area contributed by atoms with Crippen LogP contribution in [-0.2, 0) is 19.1 Å². The first-order chi connectivity index (χ1) is 11.2. The van der Waals surface area contributed by atoms with Crippen molar-refractivity contribution in [3.05, 3.63) is 0 Å². The molecule has 26 heavy (non-hydrogen) atoms. The Kier molecular flexibility index (Phi) is 30.3. The largest absolute Gasteiger partial charge is 0.391 e. The topological polar surface area (TPSA) is 84.0 Å². The molecule has 0 saturated carbocycles. The maximum atomic E-state index is 10.6. The second kappa shape index (κ2) is 23.3. The number of alkyl halides is 1. The Morgan fingerprint density at radius 3 is 1.58 bits per heavy atom. The van der Waals surface area contributed by atoms with Crippen molar-refractivity contribution in [1.29, 1.82) is 0 Å². The van der Waals surface area contributed by atoms with E-state index in [1.165, 1.54) is 44.3 Å². The van der Waals surface area contributed by atoms with Gasteiger partial charge in [-0.3, -0.25) is 14.4 Å². The Labute approximate surface area is 178 Å². The summed E-state index contributed by atoms with van der Waals surface area (Å²) in [6.45, 7) is 5.45. The van der Waals surface area contributed by atoms with Gasteiger partial charge in [-0.25, -0.2) is 0 Å². The molecule has 1 fully saturated rings. The fraction of sp³-hybridized carbons (Fsp3) is 0.824. The van der Waals surface area contributed by atoms with Crippen molar-refractivity contribution in [2.45, 2.75) is 47.8 Å². The summed E-state index contributed by atoms with van der Waals surface area (Å²) in [5.74, 6) is 3.42. The lowest BCUT2D eigenvalue weighted by Gasteiger charge is -2.08. The van der Waals surface area contributed by atoms with E-state index in [2.05, 4.69) is 12.6 Å². The summed E-state index contributed by atoms with van der Waals surface area (Å²) in [5.41, 5.74) is 0. The molecule has 1 aliphatic heterocycles. The summed E-state index contributed by atoms with van der Waals surface area (Å²) >= 11 is 11.8. The number of ether oxygens (including phenoxy) is 1. The van der Waals surface area contributed by atoms with E-state index in [4.69, 9.17) is 16.3 Å². The molecule has 1 atom stereocenters. The predicted octanol–water partition coefficient (Wildman–Crippen LogP) is 3.39. The molecule has 1 aliphatic rings. The van der Waals surface area contributed by atoms with Gasteiger partial charge in [-0.2, -0.15) is 36.2 Å². The number of hydrogen-bond donors (Lipinski definition) is 2. The summed E-state index contributed by atoms with van der Waals surface area (Å²) in [5, 5.41) is 9.41. The van der Waals surface area contributed by atoms with Crippen LogP contribution in [0.3, 0.4) is 0 Å². The average molecular weight is 451 g/mol. The molecule has 1 unspecified atom stereocenters. The molecule has 0 radical (unpaired) electrons. The molecule has 5 nitrogen and oxygen atoms in total. The molecule has 0 aromatic heterocycles. The number of Topliss-reactive ketones (excluding diaryl/α,β-unsaturated/α-hetero) is 3. The summed E-state index contributed by atoms with van der Waals surface area (Å²) in [4.78, 5) is 30.9. The second-order valence-electron chi connectivity index (χ2n) is 5.06. The molecule has 0 amide bonds. The number of thiol groups is 1. The third kappa shape index (κ3) is 35.4. The fourth-order valence-electron chi connectivity index (χ4n) is 0.883. The average Bonchev–Trinajstić information content (AvgIpc) is 3.31. The minimum atomic E-state index is -0.427. The van der Waals surface area contributed by atoms with Crippen molar-refractivity contribution in [3.63, 3.8) is 0 Å². The lowest BCUT2D eigenvalue weighted by Crippen LogP contribution is -2.15. The molecule has 1 rings (SSSR count). The van der Waals surface area contributed by atoms with Crippen LogP contribution in [0.25, 0.3) is 0 Å². The molecule has 1 saturated heterocycles. The molecule has 1 heterocycles. The first-order valence-electron chi connectivity index (χ1n) is 7.33. The van der Waals surface area contributed by atoms with Gasteiger partial charge in [0.25, 0.3) is 0 Å². The van der Waals surface area contributed by atoms with E-state index in [9.17, 15) is 19.5 Å². The number of halogens is 1. The Bertz CT molecular complexity index is 346. The van der Waals surface area contributed by atoms with Crippen molar-refractivity contribution in [1.82, 2.24) is 0 Å². The van der Waals surface area contributed by atoms with Gasteiger partial charge in [-0.1, -0.05) is 14.9 Å². The lowest BCUT2D eigenvalue weighted by atomic mass is 10.5. The predicted molar refractivity (Wildman–Crippen MR) is 120 cm³/mol. The minimum Gasteiger partial charge on any atom is -0.391 e. The van der Waals surface area contributed by atoms with Crippen molar-refractivity contribution in [3.8, 4) is 0 Å². The van der Waals surface area contributed by atoms with Gasteiger partial charge in [-0.05, 0) is 20.8 Å². The molecule has 0 bridgehead atoms. The van der Waals surface area contributed by atoms with Gasteiger partial charge in [0.1, 0.15) is 17.3 Å². The highest BCUT2D eigenvalue weighted by atomic mass is 35.5. The normalized spacial score (nSPS) is 13.7. The number of carbonyl (C=O) groups is 3. The van der Waals surface area contributed by atoms with Gasteiger partial charge >= 0.3 is 0 Å². The number of epoxide rings is 1. The minimum absolute atomic E-state index is 0. The van der Waals surface area contributed by atoms with Gasteiger partial charge in [0.15, 0.2) is 0 Å². The maximum absolute atomic E-state index is 10.6. The zero-order chi connectivity index (χ0) is 19.0. The van der Waals surface area contributed by atoms with Crippen LogP contribution in [0.1, 0.15) is 35.6 Å². The maximum Gasteiger partial charge on any atom is 0.139 e. The van der Waals surface area contributed by atoms with Crippen LogP contribution in [0.4, 0.5) is 0 Å². The third-order valence-electron chi connectivity index (χ3n) is 2.03. The Hall–Kier alpha value is 0.270. The van der Waals surface area contributed by atoms with Crippen LogP contribution < -0.4 is 0 Å². The summed E-state index contributed by atoms with van der Waals surface area (Å²) in [7, 11) is 0. The standard InChI is InChI=1S/C9H16O3S2.C3H5ClO.C3H6OS.2CH4/c1-7(10)3-13-5-9(12)6-14-4-8(2)11;4-1-3-2-5-3;1-3(4)2-5;;/h9,12H,3-6H2,1-2H3;3H,1-2H2;5H,2H2,1H3;2*1H4. The molecule has 158 valence electrons. The van der Waals surface area contributed by atoms with E-state index in [0.29, 0.717) is 40.7 Å². The number of rotatable bonds is 10. The van der Waals surface area contributed by atoms with Crippen molar-refractivity contribution < 1.29 is 24.2 Å². The van der Waals surface area contributed by atoms with Crippen molar-refractivity contribution in [2.75, 3.05) is 41.3 Å². The second-order valence-corrected chi connectivity index (χ2v) is 7.74. The van der Waals surface area contributed by atoms with Crippen LogP contribution in [0.15, 0.2) is 0 Å². The van der Waals surface area contributed by atoms with E-state index in [0.717, 1.165) is 6.61 Å². The molecule has 0 aliphatic carbocycles. The monoisotopic (exact) mass is 450 g/mol. The zero-order valence-corrected chi connectivity index (χ0v) is 17.6. The molecule has 1 N–H and O–H groups in total. The van der Waals surface area contributed by atoms with E-state index in [-0.39, 0.29) is 32.2 Å². The highest BCUT2D eigenvalue weighted by Crippen LogP contribution is 2.09. The van der Waals surface area contributed by atoms with E-state index in [1.807, 2.05) is 0 Å². The highest BCUT2D eigenvalue weighted by molar-refractivity contribution is 8.00. The SMILES string of the molecule is C.C.CC(=O)CS.CC(=O)CSCC(O)CSCC(C)=O.ClCC1CO1. The van der Waals surface area contributed by atoms with E-state index >= 15 is 0 Å². The first kappa shape index (κ1) is 33.8. The number of ketones is 3. The van der Waals surface area contributed by atoms with Gasteiger partial charge in [0.2, 0.25) is 0 Å². The molecular weight excluding hydrogens is 416 g/mol. The number of aliphatic hydroxyl groups is 1. The fourth-order valence-corrected chi connectivity index (χ4v) is 2.80. The summed E-state index contributed by atoms with van der Waals surface area (Å²) in [6, 6.07) is 0. The Balaban J connectivity index is -0.000000166. The molecule has 0 spiro atoms. The zero-order valence-electron chi connectivity index (χ0n) is 14.3. The molecule has 9 heteroatoms. The Morgan fingerprint density at radius 2 is 1.42 bits per heavy atom. The Morgan fingerprint density at radius 1 is 1.08 bits per heavy atom. The van der Waals surface area contributed by atoms with Crippen molar-refractivity contribution in [2.24, 2.45) is 0 Å². The van der Waals surface area contributed by atoms with Crippen molar-refractivity contribution >= 4 is 65.1 Å². The van der Waals surface area contributed by atoms with Gasteiger partial charge in [0, 0.05) is 17.3 Å². The first-order valence-corrected chi connectivity index (χ1v) is 10.8. The third-order valence-corrected chi connectivity index (χ3v) is 5.28. The van der Waals surface area contributed by atoms with Crippen LogP contribution in [0, 0.1) is 0 Å². The van der Waals surface area contributed by atoms with E-state index in [1.54, 1.807) is 0 Å². The number of carbonyl (C=O) groups excluding carboxylic acids is 3. The van der Waals surface area contributed by atoms with Crippen LogP contribution in [0.5, 0.6) is 0 Å². The highest BCUT2D eigenvalue weighted by Gasteiger charge is 2.19. The van der Waals surface area contributed by atoms with Gasteiger partial charge in [0.05, 0.1) is 36.2 Å². The molecule has 0 aromatic carbocycles. The summed E-state index contributed by atoms with van der Waals surface area (Å²) in [6.07, 6.45) is -0.0274. The molecule has 0 aromatic rings. The number of thioether (sulfide) groups is 2. The van der Waals surface area contributed by atoms with E-state index < -0.39 is 6.10 Å². The van der Waals surface area contributed by atoms with Crippen LogP contribution >= 0.6 is 47.8 Å².